The predicted molar refractivity (Wildman–Crippen MR) is 89.2 cm³/mol. The van der Waals surface area contributed by atoms with Gasteiger partial charge in [-0.15, -0.1) is 12.4 Å². The Labute approximate surface area is 143 Å². The van der Waals surface area contributed by atoms with Gasteiger partial charge in [-0.25, -0.2) is 0 Å². The molecule has 4 N–H and O–H groups in total. The molecule has 0 spiro atoms. The molecular weight excluding hydrogens is 318 g/mol. The van der Waals surface area contributed by atoms with Crippen molar-refractivity contribution in [3.05, 3.63) is 0 Å². The fourth-order valence-electron chi connectivity index (χ4n) is 4.39. The molecule has 2 amide bonds. The summed E-state index contributed by atoms with van der Waals surface area (Å²) in [6.45, 7) is 5.41. The topological polar surface area (TPSA) is 93.4 Å². The van der Waals surface area contributed by atoms with Crippen LogP contribution in [0.2, 0.25) is 0 Å². The number of nitrogens with one attached hydrogen (secondary N) is 2. The molecule has 1 aliphatic carbocycles. The first-order valence-corrected chi connectivity index (χ1v) is 8.38. The van der Waals surface area contributed by atoms with Crippen LogP contribution in [0.3, 0.4) is 0 Å². The van der Waals surface area contributed by atoms with Crippen LogP contribution >= 0.6 is 12.4 Å². The van der Waals surface area contributed by atoms with Gasteiger partial charge >= 0.3 is 0 Å². The summed E-state index contributed by atoms with van der Waals surface area (Å²) in [4.78, 5) is 24.9. The Morgan fingerprint density at radius 2 is 2.04 bits per heavy atom. The molecule has 2 aliphatic heterocycles. The molecule has 0 aromatic heterocycles. The van der Waals surface area contributed by atoms with Crippen LogP contribution in [0, 0.1) is 11.3 Å². The molecule has 0 radical (unpaired) electrons. The highest BCUT2D eigenvalue weighted by molar-refractivity contribution is 5.94. The minimum atomic E-state index is -0.954. The van der Waals surface area contributed by atoms with Gasteiger partial charge in [0.25, 0.3) is 0 Å². The van der Waals surface area contributed by atoms with Gasteiger partial charge in [0, 0.05) is 24.5 Å². The third-order valence-electron chi connectivity index (χ3n) is 5.90. The summed E-state index contributed by atoms with van der Waals surface area (Å²) in [6.07, 6.45) is 4.45. The zero-order valence-electron chi connectivity index (χ0n) is 13.9. The monoisotopic (exact) mass is 345 g/mol. The van der Waals surface area contributed by atoms with Crippen LogP contribution in [0.15, 0.2) is 0 Å². The second-order valence-electron chi connectivity index (χ2n) is 7.44. The van der Waals surface area contributed by atoms with Gasteiger partial charge in [-0.2, -0.15) is 0 Å². The van der Waals surface area contributed by atoms with Crippen LogP contribution < -0.4 is 16.4 Å². The molecule has 3 rings (SSSR count). The van der Waals surface area contributed by atoms with Gasteiger partial charge < -0.3 is 21.1 Å². The molecule has 0 bridgehead atoms. The quantitative estimate of drug-likeness (QED) is 0.687. The number of ether oxygens (including phenoxy) is 1. The fraction of sp³-hybridized carbons (Fsp3) is 0.875. The van der Waals surface area contributed by atoms with E-state index in [4.69, 9.17) is 10.5 Å². The van der Waals surface area contributed by atoms with Gasteiger partial charge in [0.2, 0.25) is 11.8 Å². The third kappa shape index (κ3) is 2.75. The van der Waals surface area contributed by atoms with Crippen molar-refractivity contribution in [3.63, 3.8) is 0 Å². The first-order valence-electron chi connectivity index (χ1n) is 8.38. The number of carbonyl (C=O) groups excluding carboxylic acids is 2. The van der Waals surface area contributed by atoms with E-state index < -0.39 is 17.0 Å². The largest absolute Gasteiger partial charge is 0.377 e. The van der Waals surface area contributed by atoms with Gasteiger partial charge in [-0.3, -0.25) is 9.59 Å². The van der Waals surface area contributed by atoms with E-state index in [0.29, 0.717) is 13.0 Å². The first kappa shape index (κ1) is 18.5. The average molecular weight is 346 g/mol. The molecule has 2 saturated heterocycles. The Balaban J connectivity index is 0.00000192. The smallest absolute Gasteiger partial charge is 0.242 e. The molecule has 23 heavy (non-hydrogen) atoms. The van der Waals surface area contributed by atoms with Crippen LogP contribution in [0.4, 0.5) is 0 Å². The van der Waals surface area contributed by atoms with E-state index in [0.717, 1.165) is 32.3 Å². The van der Waals surface area contributed by atoms with E-state index in [9.17, 15) is 9.59 Å². The Bertz CT molecular complexity index is 485. The van der Waals surface area contributed by atoms with Gasteiger partial charge in [-0.1, -0.05) is 13.8 Å². The lowest BCUT2D eigenvalue weighted by Crippen LogP contribution is -2.82. The molecule has 2 heterocycles. The van der Waals surface area contributed by atoms with E-state index in [1.807, 2.05) is 13.8 Å². The zero-order valence-corrected chi connectivity index (χ0v) is 14.7. The maximum atomic E-state index is 12.9. The highest BCUT2D eigenvalue weighted by atomic mass is 35.5. The Morgan fingerprint density at radius 1 is 1.30 bits per heavy atom. The van der Waals surface area contributed by atoms with Crippen molar-refractivity contribution in [2.24, 2.45) is 17.1 Å². The Hall–Kier alpha value is -0.850. The Morgan fingerprint density at radius 3 is 2.78 bits per heavy atom. The number of nitrogens with two attached hydrogens (primary N) is 1. The van der Waals surface area contributed by atoms with Crippen LogP contribution in [0.25, 0.3) is 0 Å². The molecule has 3 aliphatic rings. The minimum Gasteiger partial charge on any atom is -0.377 e. The van der Waals surface area contributed by atoms with Crippen molar-refractivity contribution < 1.29 is 14.3 Å². The van der Waals surface area contributed by atoms with Crippen molar-refractivity contribution in [3.8, 4) is 0 Å². The molecule has 1 saturated carbocycles. The summed E-state index contributed by atoms with van der Waals surface area (Å²) in [5.74, 6) is -0.251. The zero-order chi connectivity index (χ0) is 16.0. The van der Waals surface area contributed by atoms with Gasteiger partial charge in [-0.05, 0) is 32.1 Å². The van der Waals surface area contributed by atoms with E-state index in [-0.39, 0.29) is 36.2 Å². The van der Waals surface area contributed by atoms with E-state index in [2.05, 4.69) is 10.6 Å². The molecule has 6 nitrogen and oxygen atoms in total. The lowest BCUT2D eigenvalue weighted by atomic mass is 9.46. The number of fused-ring (bicyclic) bond motifs is 1. The maximum Gasteiger partial charge on any atom is 0.242 e. The predicted octanol–water partition coefficient (Wildman–Crippen LogP) is 0.726. The molecule has 4 atom stereocenters. The SMILES string of the molecule is CC1(C)C2OCCCC2C1(N)C(=O)NC1CCCCNC1=O.Cl. The normalized spacial score (nSPS) is 38.9. The molecule has 3 fully saturated rings. The van der Waals surface area contributed by atoms with Crippen molar-refractivity contribution in [1.29, 1.82) is 0 Å². The fourth-order valence-corrected chi connectivity index (χ4v) is 4.39. The third-order valence-corrected chi connectivity index (χ3v) is 5.90. The highest BCUT2D eigenvalue weighted by Crippen LogP contribution is 2.57. The van der Waals surface area contributed by atoms with E-state index >= 15 is 0 Å². The number of hydrogen-bond acceptors (Lipinski definition) is 4. The van der Waals surface area contributed by atoms with Crippen molar-refractivity contribution >= 4 is 24.2 Å². The lowest BCUT2D eigenvalue weighted by Gasteiger charge is -2.65. The van der Waals surface area contributed by atoms with Crippen molar-refractivity contribution in [1.82, 2.24) is 10.6 Å². The summed E-state index contributed by atoms with van der Waals surface area (Å²) >= 11 is 0. The molecular formula is C16H28ClN3O3. The lowest BCUT2D eigenvalue weighted by molar-refractivity contribution is -0.225. The van der Waals surface area contributed by atoms with Gasteiger partial charge in [0.1, 0.15) is 11.6 Å². The van der Waals surface area contributed by atoms with Gasteiger partial charge in [0.15, 0.2) is 0 Å². The molecule has 132 valence electrons. The number of carbonyl (C=O) groups is 2. The Kier molecular flexibility index (Phi) is 5.28. The summed E-state index contributed by atoms with van der Waals surface area (Å²) in [7, 11) is 0. The number of amides is 2. The second-order valence-corrected chi connectivity index (χ2v) is 7.44. The van der Waals surface area contributed by atoms with Crippen molar-refractivity contribution in [2.45, 2.75) is 63.6 Å². The standard InChI is InChI=1S/C16H27N3O3.ClH/c1-15(2)12-10(6-5-9-22-12)16(15,17)14(21)19-11-7-3-4-8-18-13(11)20;/h10-12H,3-9,17H2,1-2H3,(H,18,20)(H,19,21);1H. The summed E-state index contributed by atoms with van der Waals surface area (Å²) < 4.78 is 5.83. The van der Waals surface area contributed by atoms with Crippen LogP contribution in [-0.2, 0) is 14.3 Å². The minimum absolute atomic E-state index is 0. The molecule has 0 aromatic carbocycles. The highest BCUT2D eigenvalue weighted by Gasteiger charge is 2.70. The average Bonchev–Trinajstić information content (AvgIpc) is 2.71. The number of hydrogen-bond donors (Lipinski definition) is 3. The van der Waals surface area contributed by atoms with Crippen LogP contribution in [-0.4, -0.2) is 42.7 Å². The molecule has 7 heteroatoms. The van der Waals surface area contributed by atoms with E-state index in [1.165, 1.54) is 0 Å². The summed E-state index contributed by atoms with van der Waals surface area (Å²) in [5, 5.41) is 5.75. The van der Waals surface area contributed by atoms with Crippen molar-refractivity contribution in [2.75, 3.05) is 13.2 Å². The van der Waals surface area contributed by atoms with Crippen LogP contribution in [0.1, 0.15) is 46.0 Å². The second kappa shape index (κ2) is 6.57. The van der Waals surface area contributed by atoms with Crippen LogP contribution in [0.5, 0.6) is 0 Å². The summed E-state index contributed by atoms with van der Waals surface area (Å²) in [6, 6.07) is -0.463. The first-order chi connectivity index (χ1) is 10.4. The van der Waals surface area contributed by atoms with E-state index in [1.54, 1.807) is 0 Å². The maximum absolute atomic E-state index is 12.9. The number of rotatable bonds is 2. The molecule has 0 aromatic rings. The van der Waals surface area contributed by atoms with Gasteiger partial charge in [0.05, 0.1) is 6.10 Å². The summed E-state index contributed by atoms with van der Waals surface area (Å²) in [5.41, 5.74) is 5.19. The number of halogens is 1. The molecule has 4 unspecified atom stereocenters.